The summed E-state index contributed by atoms with van der Waals surface area (Å²) in [7, 11) is 0. The maximum atomic E-state index is 15.1. The first-order valence-corrected chi connectivity index (χ1v) is 18.0. The summed E-state index contributed by atoms with van der Waals surface area (Å²) in [5, 5.41) is 0. The average Bonchev–Trinajstić information content (AvgIpc) is 3.75. The van der Waals surface area contributed by atoms with Crippen LogP contribution in [0.2, 0.25) is 0 Å². The zero-order valence-corrected chi connectivity index (χ0v) is 28.8. The Morgan fingerprint density at radius 3 is 2.56 bits per heavy atom. The molecule has 0 amide bonds. The lowest BCUT2D eigenvalue weighted by molar-refractivity contribution is -0.152. The Morgan fingerprint density at radius 2 is 1.85 bits per heavy atom. The number of nitrogens with zero attached hydrogens (tertiary/aromatic N) is 4. The van der Waals surface area contributed by atoms with Crippen molar-refractivity contribution in [2.45, 2.75) is 90.2 Å². The number of aryl methyl sites for hydroxylation is 2. The van der Waals surface area contributed by atoms with Gasteiger partial charge < -0.3 is 23.8 Å². The van der Waals surface area contributed by atoms with Crippen molar-refractivity contribution in [3.63, 3.8) is 0 Å². The molecule has 3 heterocycles. The summed E-state index contributed by atoms with van der Waals surface area (Å²) in [6.07, 6.45) is 10.6. The summed E-state index contributed by atoms with van der Waals surface area (Å²) in [5.41, 5.74) is 2.73. The fourth-order valence-electron chi connectivity index (χ4n) is 8.92. The van der Waals surface area contributed by atoms with Crippen LogP contribution >= 0.6 is 0 Å². The SMILES string of the molecule is CCC(=O)O[C@H]1CCC[C@@H]1[C@](Cn1ccnc1CC)(c1cccc(F)c1)C1CCN(CC2CN(c3ccc(CC)cc3OC=O)C2)CC1. The molecule has 9 heteroatoms. The van der Waals surface area contributed by atoms with E-state index in [0.29, 0.717) is 31.1 Å². The predicted molar refractivity (Wildman–Crippen MR) is 185 cm³/mol. The van der Waals surface area contributed by atoms with Crippen LogP contribution < -0.4 is 9.64 Å². The van der Waals surface area contributed by atoms with Gasteiger partial charge in [0, 0.05) is 68.7 Å². The van der Waals surface area contributed by atoms with Crippen molar-refractivity contribution in [3.8, 4) is 5.75 Å². The van der Waals surface area contributed by atoms with Gasteiger partial charge in [-0.2, -0.15) is 0 Å². The molecule has 0 bridgehead atoms. The molecule has 2 saturated heterocycles. The number of hydrogen-bond donors (Lipinski definition) is 0. The lowest BCUT2D eigenvalue weighted by Crippen LogP contribution is -2.55. The first-order valence-electron chi connectivity index (χ1n) is 18.0. The van der Waals surface area contributed by atoms with Crippen LogP contribution in [-0.2, 0) is 39.1 Å². The van der Waals surface area contributed by atoms with Crippen LogP contribution in [0.4, 0.5) is 10.1 Å². The Hall–Kier alpha value is -3.72. The molecule has 3 fully saturated rings. The van der Waals surface area contributed by atoms with E-state index in [4.69, 9.17) is 9.47 Å². The van der Waals surface area contributed by atoms with E-state index in [1.54, 1.807) is 6.07 Å². The lowest BCUT2D eigenvalue weighted by atomic mass is 9.58. The third-order valence-electron chi connectivity index (χ3n) is 11.3. The Morgan fingerprint density at radius 1 is 1.04 bits per heavy atom. The lowest BCUT2D eigenvalue weighted by Gasteiger charge is -2.51. The molecular formula is C39H51FN4O4. The second-order valence-electron chi connectivity index (χ2n) is 14.0. The van der Waals surface area contributed by atoms with Crippen LogP contribution in [-0.4, -0.2) is 65.7 Å². The first-order chi connectivity index (χ1) is 23.4. The minimum absolute atomic E-state index is 0.0838. The monoisotopic (exact) mass is 658 g/mol. The molecule has 258 valence electrons. The summed E-state index contributed by atoms with van der Waals surface area (Å²) in [6, 6.07) is 13.4. The molecule has 1 saturated carbocycles. The topological polar surface area (TPSA) is 76.9 Å². The molecule has 8 nitrogen and oxygen atoms in total. The number of halogens is 1. The Kier molecular flexibility index (Phi) is 10.8. The number of carbonyl (C=O) groups is 2. The minimum Gasteiger partial charge on any atom is -0.462 e. The summed E-state index contributed by atoms with van der Waals surface area (Å²) in [5.74, 6) is 2.18. The highest BCUT2D eigenvalue weighted by molar-refractivity contribution is 5.69. The molecule has 3 atom stereocenters. The molecule has 48 heavy (non-hydrogen) atoms. The molecule has 3 aliphatic rings. The molecular weight excluding hydrogens is 607 g/mol. The van der Waals surface area contributed by atoms with Crippen LogP contribution in [0.3, 0.4) is 0 Å². The van der Waals surface area contributed by atoms with Gasteiger partial charge in [-0.15, -0.1) is 0 Å². The molecule has 0 spiro atoms. The number of imidazole rings is 1. The largest absolute Gasteiger partial charge is 0.462 e. The second kappa shape index (κ2) is 15.2. The standard InChI is InChI=1S/C39H51FN4O4/c1-4-28-13-14-34(36(21-28)47-27-45)44-24-29(25-44)23-42-18-15-30(16-19-42)39(31-9-7-10-32(40)22-31,26-43-20-17-41-37(43)5-2)33-11-8-12-35(33)48-38(46)6-3/h7,9-10,13-14,17,20-22,27,29-30,33,35H,4-6,8,11-12,15-16,18-19,23-26H2,1-3H3/t33-,35-,39-/m0/s1. The average molecular weight is 659 g/mol. The number of ether oxygens (including phenoxy) is 2. The maximum Gasteiger partial charge on any atom is 0.305 e. The van der Waals surface area contributed by atoms with Crippen LogP contribution in [0.15, 0.2) is 54.9 Å². The normalized spacial score (nSPS) is 21.9. The number of esters is 1. The van der Waals surface area contributed by atoms with Gasteiger partial charge in [-0.1, -0.05) is 39.0 Å². The van der Waals surface area contributed by atoms with Gasteiger partial charge in [-0.05, 0) is 92.9 Å². The van der Waals surface area contributed by atoms with E-state index in [9.17, 15) is 9.59 Å². The molecule has 2 aliphatic heterocycles. The van der Waals surface area contributed by atoms with Crippen LogP contribution in [0, 0.1) is 23.6 Å². The zero-order chi connectivity index (χ0) is 33.7. The van der Waals surface area contributed by atoms with Gasteiger partial charge in [0.05, 0.1) is 5.69 Å². The predicted octanol–water partition coefficient (Wildman–Crippen LogP) is 6.59. The van der Waals surface area contributed by atoms with Crippen molar-refractivity contribution in [2.75, 3.05) is 37.6 Å². The number of benzene rings is 2. The third-order valence-corrected chi connectivity index (χ3v) is 11.3. The molecule has 2 aromatic carbocycles. The molecule has 6 rings (SSSR count). The second-order valence-corrected chi connectivity index (χ2v) is 14.0. The number of rotatable bonds is 14. The summed E-state index contributed by atoms with van der Waals surface area (Å²) in [4.78, 5) is 33.4. The molecule has 0 N–H and O–H groups in total. The van der Waals surface area contributed by atoms with Gasteiger partial charge in [0.1, 0.15) is 17.7 Å². The van der Waals surface area contributed by atoms with Crippen molar-refractivity contribution in [2.24, 2.45) is 17.8 Å². The number of likely N-dealkylation sites (tertiary alicyclic amines) is 1. The van der Waals surface area contributed by atoms with Crippen LogP contribution in [0.5, 0.6) is 5.75 Å². The highest BCUT2D eigenvalue weighted by Gasteiger charge is 2.53. The molecule has 0 radical (unpaired) electrons. The Balaban J connectivity index is 1.22. The quantitative estimate of drug-likeness (QED) is 0.143. The summed E-state index contributed by atoms with van der Waals surface area (Å²) in [6.45, 7) is 12.1. The van der Waals surface area contributed by atoms with E-state index >= 15 is 4.39 Å². The number of anilines is 1. The number of carbonyl (C=O) groups excluding carboxylic acids is 2. The summed E-state index contributed by atoms with van der Waals surface area (Å²) >= 11 is 0. The maximum absolute atomic E-state index is 15.1. The van der Waals surface area contributed by atoms with Crippen molar-refractivity contribution in [1.29, 1.82) is 0 Å². The molecule has 0 unspecified atom stereocenters. The van der Waals surface area contributed by atoms with E-state index in [2.05, 4.69) is 57.6 Å². The number of piperidine rings is 1. The van der Waals surface area contributed by atoms with E-state index < -0.39 is 5.41 Å². The van der Waals surface area contributed by atoms with Crippen molar-refractivity contribution in [3.05, 3.63) is 77.6 Å². The highest BCUT2D eigenvalue weighted by atomic mass is 19.1. The molecule has 1 aliphatic carbocycles. The van der Waals surface area contributed by atoms with E-state index in [1.807, 2.05) is 25.3 Å². The Bertz CT molecular complexity index is 1550. The van der Waals surface area contributed by atoms with Gasteiger partial charge in [-0.3, -0.25) is 9.59 Å². The van der Waals surface area contributed by atoms with Gasteiger partial charge in [0.15, 0.2) is 5.75 Å². The third kappa shape index (κ3) is 7.02. The number of hydrogen-bond acceptors (Lipinski definition) is 7. The smallest absolute Gasteiger partial charge is 0.305 e. The fraction of sp³-hybridized carbons (Fsp3) is 0.564. The van der Waals surface area contributed by atoms with E-state index in [-0.39, 0.29) is 29.7 Å². The van der Waals surface area contributed by atoms with Gasteiger partial charge in [-0.25, -0.2) is 9.37 Å². The van der Waals surface area contributed by atoms with E-state index in [0.717, 1.165) is 100 Å². The van der Waals surface area contributed by atoms with Crippen molar-refractivity contribution < 1.29 is 23.5 Å². The zero-order valence-electron chi connectivity index (χ0n) is 28.8. The van der Waals surface area contributed by atoms with Crippen molar-refractivity contribution >= 4 is 18.1 Å². The van der Waals surface area contributed by atoms with Crippen LogP contribution in [0.25, 0.3) is 0 Å². The summed E-state index contributed by atoms with van der Waals surface area (Å²) < 4.78 is 28.9. The van der Waals surface area contributed by atoms with Gasteiger partial charge >= 0.3 is 5.97 Å². The fourth-order valence-corrected chi connectivity index (χ4v) is 8.92. The van der Waals surface area contributed by atoms with Gasteiger partial charge in [0.2, 0.25) is 0 Å². The molecule has 1 aromatic heterocycles. The van der Waals surface area contributed by atoms with Crippen molar-refractivity contribution in [1.82, 2.24) is 14.5 Å². The van der Waals surface area contributed by atoms with Crippen LogP contribution in [0.1, 0.15) is 76.2 Å². The molecule has 3 aromatic rings. The van der Waals surface area contributed by atoms with E-state index in [1.165, 1.54) is 6.07 Å². The highest BCUT2D eigenvalue weighted by Crippen LogP contribution is 2.52. The Labute approximate surface area is 284 Å². The minimum atomic E-state index is -0.416. The number of aromatic nitrogens is 2. The first kappa shape index (κ1) is 34.2. The van der Waals surface area contributed by atoms with Gasteiger partial charge in [0.25, 0.3) is 6.47 Å².